The van der Waals surface area contributed by atoms with Gasteiger partial charge in [-0.05, 0) is 12.8 Å². The van der Waals surface area contributed by atoms with E-state index < -0.39 is 0 Å². The van der Waals surface area contributed by atoms with Crippen LogP contribution in [-0.2, 0) is 19.1 Å². The van der Waals surface area contributed by atoms with Gasteiger partial charge in [-0.25, -0.2) is 0 Å². The highest BCUT2D eigenvalue weighted by atomic mass is 16.5. The Morgan fingerprint density at radius 2 is 0.686 bits per heavy atom. The molecule has 0 saturated heterocycles. The van der Waals surface area contributed by atoms with Crippen LogP contribution in [0, 0.1) is 0 Å². The van der Waals surface area contributed by atoms with Gasteiger partial charge in [-0.1, -0.05) is 148 Å². The number of carbonyl (C=O) groups excluding carboxylic acids is 2. The van der Waals surface area contributed by atoms with Crippen molar-refractivity contribution in [3.63, 3.8) is 0 Å². The fourth-order valence-corrected chi connectivity index (χ4v) is 4.76. The van der Waals surface area contributed by atoms with E-state index in [1.165, 1.54) is 155 Å². The molecule has 208 valence electrons. The van der Waals surface area contributed by atoms with Gasteiger partial charge in [-0.3, -0.25) is 9.59 Å². The molecule has 0 unspecified atom stereocenters. The first-order valence-corrected chi connectivity index (χ1v) is 15.4. The van der Waals surface area contributed by atoms with Crippen LogP contribution in [0.25, 0.3) is 0 Å². The molecule has 0 radical (unpaired) electrons. The number of unbranched alkanes of at least 4 members (excludes halogenated alkanes) is 24. The lowest BCUT2D eigenvalue weighted by molar-refractivity contribution is -0.141. The first kappa shape index (κ1) is 33.9. The number of carbonyl (C=O) groups is 2. The molecule has 4 heteroatoms. The fraction of sp³-hybridized carbons (Fsp3) is 0.935. The first-order valence-electron chi connectivity index (χ1n) is 15.4. The summed E-state index contributed by atoms with van der Waals surface area (Å²) >= 11 is 0. The largest absolute Gasteiger partial charge is 0.469 e. The number of methoxy groups -OCH3 is 1. The van der Waals surface area contributed by atoms with Crippen LogP contribution in [0.15, 0.2) is 0 Å². The van der Waals surface area contributed by atoms with Crippen LogP contribution in [0.3, 0.4) is 0 Å². The molecule has 0 aromatic heterocycles. The molecule has 0 atom stereocenters. The minimum Gasteiger partial charge on any atom is -0.469 e. The van der Waals surface area contributed by atoms with Gasteiger partial charge >= 0.3 is 11.9 Å². The number of hydrogen-bond acceptors (Lipinski definition) is 4. The maximum absolute atomic E-state index is 11.0. The second-order valence-electron chi connectivity index (χ2n) is 10.5. The normalized spacial score (nSPS) is 11.0. The summed E-state index contributed by atoms with van der Waals surface area (Å²) in [7, 11) is 1.47. The lowest BCUT2D eigenvalue weighted by atomic mass is 10.0. The van der Waals surface area contributed by atoms with E-state index in [9.17, 15) is 9.59 Å². The average Bonchev–Trinajstić information content (AvgIpc) is 2.85. The molecule has 0 aliphatic heterocycles. The topological polar surface area (TPSA) is 52.6 Å². The average molecular weight is 497 g/mol. The number of rotatable bonds is 28. The van der Waals surface area contributed by atoms with Crippen molar-refractivity contribution in [2.45, 2.75) is 174 Å². The Morgan fingerprint density at radius 3 is 0.943 bits per heavy atom. The molecule has 0 bridgehead atoms. The van der Waals surface area contributed by atoms with Gasteiger partial charge in [0, 0.05) is 13.3 Å². The molecule has 0 saturated carbocycles. The van der Waals surface area contributed by atoms with E-state index in [0.717, 1.165) is 19.3 Å². The Kier molecular flexibility index (Phi) is 28.3. The van der Waals surface area contributed by atoms with Crippen LogP contribution in [0.4, 0.5) is 0 Å². The van der Waals surface area contributed by atoms with Gasteiger partial charge < -0.3 is 9.47 Å². The number of hydrogen-bond donors (Lipinski definition) is 0. The molecule has 0 rings (SSSR count). The second kappa shape index (κ2) is 29.2. The highest BCUT2D eigenvalue weighted by Crippen LogP contribution is 2.16. The standard InChI is InChI=1S/C31H60O4/c1-30(32)35-29-27-25-23-21-19-17-15-13-11-9-7-5-3-4-6-8-10-12-14-16-18-20-22-24-26-28-31(33)34-2/h3-29H2,1-2H3. The lowest BCUT2D eigenvalue weighted by Crippen LogP contribution is -2.00. The summed E-state index contributed by atoms with van der Waals surface area (Å²) in [5.74, 6) is -0.224. The van der Waals surface area contributed by atoms with E-state index in [2.05, 4.69) is 4.74 Å². The van der Waals surface area contributed by atoms with Gasteiger partial charge in [-0.15, -0.1) is 0 Å². The van der Waals surface area contributed by atoms with Crippen LogP contribution in [0.1, 0.15) is 174 Å². The summed E-state index contributed by atoms with van der Waals surface area (Å²) in [6.45, 7) is 2.08. The summed E-state index contributed by atoms with van der Waals surface area (Å²) < 4.78 is 9.62. The molecule has 0 aliphatic carbocycles. The van der Waals surface area contributed by atoms with Crippen LogP contribution in [-0.4, -0.2) is 25.7 Å². The maximum atomic E-state index is 11.0. The Bertz CT molecular complexity index is 449. The molecule has 4 nitrogen and oxygen atoms in total. The molecule has 0 spiro atoms. The number of esters is 2. The summed E-state index contributed by atoms with van der Waals surface area (Å²) in [5, 5.41) is 0. The van der Waals surface area contributed by atoms with Crippen molar-refractivity contribution in [1.82, 2.24) is 0 Å². The van der Waals surface area contributed by atoms with Gasteiger partial charge in [-0.2, -0.15) is 0 Å². The van der Waals surface area contributed by atoms with Crippen molar-refractivity contribution < 1.29 is 19.1 Å². The molecule has 35 heavy (non-hydrogen) atoms. The minimum atomic E-state index is -0.156. The Labute approximate surface area is 218 Å². The summed E-state index contributed by atoms with van der Waals surface area (Å²) in [5.41, 5.74) is 0. The van der Waals surface area contributed by atoms with Crippen molar-refractivity contribution in [2.75, 3.05) is 13.7 Å². The zero-order valence-corrected chi connectivity index (χ0v) is 23.7. The Balaban J connectivity index is 3.04. The van der Waals surface area contributed by atoms with E-state index in [-0.39, 0.29) is 11.9 Å². The molecule has 0 N–H and O–H groups in total. The monoisotopic (exact) mass is 496 g/mol. The highest BCUT2D eigenvalue weighted by molar-refractivity contribution is 5.68. The van der Waals surface area contributed by atoms with Crippen molar-refractivity contribution in [1.29, 1.82) is 0 Å². The SMILES string of the molecule is COC(=O)CCCCCCCCCCCCCCCCCCCCCCCCCCCOC(C)=O. The molecule has 0 aromatic rings. The van der Waals surface area contributed by atoms with E-state index in [0.29, 0.717) is 13.0 Å². The van der Waals surface area contributed by atoms with Gasteiger partial charge in [0.25, 0.3) is 0 Å². The predicted octanol–water partition coefficient (Wildman–Crippen LogP) is 9.87. The third kappa shape index (κ3) is 30.9. The van der Waals surface area contributed by atoms with E-state index in [4.69, 9.17) is 4.74 Å². The molecule has 0 heterocycles. The lowest BCUT2D eigenvalue weighted by Gasteiger charge is -2.04. The molecule has 0 aliphatic rings. The predicted molar refractivity (Wildman–Crippen MR) is 149 cm³/mol. The van der Waals surface area contributed by atoms with Gasteiger partial charge in [0.15, 0.2) is 0 Å². The first-order chi connectivity index (χ1) is 17.2. The second-order valence-corrected chi connectivity index (χ2v) is 10.5. The molecular weight excluding hydrogens is 436 g/mol. The van der Waals surface area contributed by atoms with Crippen LogP contribution >= 0.6 is 0 Å². The minimum absolute atomic E-state index is 0.0685. The molecule has 0 fully saturated rings. The molecular formula is C31H60O4. The van der Waals surface area contributed by atoms with E-state index in [1.807, 2.05) is 0 Å². The van der Waals surface area contributed by atoms with E-state index in [1.54, 1.807) is 0 Å². The molecule has 0 aromatic carbocycles. The smallest absolute Gasteiger partial charge is 0.305 e. The van der Waals surface area contributed by atoms with Crippen LogP contribution in [0.5, 0.6) is 0 Å². The van der Waals surface area contributed by atoms with Crippen molar-refractivity contribution in [2.24, 2.45) is 0 Å². The number of ether oxygens (including phenoxy) is 2. The third-order valence-electron chi connectivity index (χ3n) is 7.06. The quantitative estimate of drug-likeness (QED) is 0.0798. The van der Waals surface area contributed by atoms with Crippen molar-refractivity contribution >= 4 is 11.9 Å². The Hall–Kier alpha value is -1.06. The van der Waals surface area contributed by atoms with Gasteiger partial charge in [0.2, 0.25) is 0 Å². The van der Waals surface area contributed by atoms with Crippen molar-refractivity contribution in [3.05, 3.63) is 0 Å². The van der Waals surface area contributed by atoms with E-state index >= 15 is 0 Å². The van der Waals surface area contributed by atoms with Crippen LogP contribution in [0.2, 0.25) is 0 Å². The zero-order chi connectivity index (χ0) is 25.7. The molecule has 0 amide bonds. The maximum Gasteiger partial charge on any atom is 0.305 e. The summed E-state index contributed by atoms with van der Waals surface area (Å²) in [6.07, 6.45) is 34.2. The third-order valence-corrected chi connectivity index (χ3v) is 7.06. The van der Waals surface area contributed by atoms with Crippen molar-refractivity contribution in [3.8, 4) is 0 Å². The summed E-state index contributed by atoms with van der Waals surface area (Å²) in [6, 6.07) is 0. The van der Waals surface area contributed by atoms with Gasteiger partial charge in [0.1, 0.15) is 0 Å². The zero-order valence-electron chi connectivity index (χ0n) is 23.7. The highest BCUT2D eigenvalue weighted by Gasteiger charge is 1.99. The van der Waals surface area contributed by atoms with Gasteiger partial charge in [0.05, 0.1) is 13.7 Å². The summed E-state index contributed by atoms with van der Waals surface area (Å²) in [4.78, 5) is 21.7. The van der Waals surface area contributed by atoms with Crippen LogP contribution < -0.4 is 0 Å². The fourth-order valence-electron chi connectivity index (χ4n) is 4.76. The Morgan fingerprint density at radius 1 is 0.429 bits per heavy atom.